The standard InChI is InChI=1S/C18H20FNOS/c1-2-14(15-6-4-3-5-7-15)12-20-18(21)13-22-17-10-8-16(19)9-11-17/h3-11,14H,2,12-13H2,1H3,(H,20,21). The number of nitrogens with one attached hydrogen (secondary N) is 1. The van der Waals surface area contributed by atoms with E-state index in [0.29, 0.717) is 18.2 Å². The number of amides is 1. The molecule has 0 aliphatic rings. The summed E-state index contributed by atoms with van der Waals surface area (Å²) in [7, 11) is 0. The first-order valence-electron chi connectivity index (χ1n) is 7.39. The van der Waals surface area contributed by atoms with Crippen LogP contribution in [0.2, 0.25) is 0 Å². The Morgan fingerprint density at radius 3 is 2.45 bits per heavy atom. The molecule has 1 N–H and O–H groups in total. The van der Waals surface area contributed by atoms with Gasteiger partial charge in [0, 0.05) is 17.4 Å². The van der Waals surface area contributed by atoms with Gasteiger partial charge in [0.15, 0.2) is 0 Å². The van der Waals surface area contributed by atoms with Crippen LogP contribution >= 0.6 is 11.8 Å². The second-order valence-corrected chi connectivity index (χ2v) is 6.11. The third-order valence-corrected chi connectivity index (χ3v) is 4.50. The van der Waals surface area contributed by atoms with Crippen molar-refractivity contribution in [1.29, 1.82) is 0 Å². The van der Waals surface area contributed by atoms with Gasteiger partial charge in [0.1, 0.15) is 5.82 Å². The first-order valence-corrected chi connectivity index (χ1v) is 8.37. The normalized spacial score (nSPS) is 11.9. The maximum absolute atomic E-state index is 12.8. The highest BCUT2D eigenvalue weighted by atomic mass is 32.2. The quantitative estimate of drug-likeness (QED) is 0.774. The second-order valence-electron chi connectivity index (χ2n) is 5.06. The lowest BCUT2D eigenvalue weighted by Crippen LogP contribution is -2.29. The summed E-state index contributed by atoms with van der Waals surface area (Å²) in [6.45, 7) is 2.76. The number of halogens is 1. The van der Waals surface area contributed by atoms with E-state index in [4.69, 9.17) is 0 Å². The van der Waals surface area contributed by atoms with Crippen molar-refractivity contribution in [1.82, 2.24) is 5.32 Å². The van der Waals surface area contributed by atoms with Crippen molar-refractivity contribution in [3.05, 3.63) is 66.0 Å². The molecule has 0 bridgehead atoms. The van der Waals surface area contributed by atoms with Gasteiger partial charge in [-0.1, -0.05) is 37.3 Å². The van der Waals surface area contributed by atoms with Crippen LogP contribution in [0.15, 0.2) is 59.5 Å². The highest BCUT2D eigenvalue weighted by molar-refractivity contribution is 8.00. The van der Waals surface area contributed by atoms with Gasteiger partial charge in [0.2, 0.25) is 5.91 Å². The highest BCUT2D eigenvalue weighted by Crippen LogP contribution is 2.19. The molecule has 116 valence electrons. The summed E-state index contributed by atoms with van der Waals surface area (Å²) in [6.07, 6.45) is 0.982. The van der Waals surface area contributed by atoms with E-state index >= 15 is 0 Å². The van der Waals surface area contributed by atoms with Crippen LogP contribution in [0.5, 0.6) is 0 Å². The minimum Gasteiger partial charge on any atom is -0.355 e. The molecule has 0 radical (unpaired) electrons. The molecule has 0 saturated carbocycles. The van der Waals surface area contributed by atoms with Gasteiger partial charge in [-0.05, 0) is 36.2 Å². The first kappa shape index (κ1) is 16.6. The minimum atomic E-state index is -0.262. The Bertz CT molecular complexity index is 586. The molecule has 0 aliphatic carbocycles. The molecule has 2 nitrogen and oxygen atoms in total. The van der Waals surface area contributed by atoms with Crippen LogP contribution in [0.25, 0.3) is 0 Å². The predicted molar refractivity (Wildman–Crippen MR) is 89.6 cm³/mol. The van der Waals surface area contributed by atoms with Crippen molar-refractivity contribution in [2.24, 2.45) is 0 Å². The molecular formula is C18H20FNOS. The van der Waals surface area contributed by atoms with E-state index in [0.717, 1.165) is 11.3 Å². The molecule has 0 heterocycles. The lowest BCUT2D eigenvalue weighted by Gasteiger charge is -2.16. The van der Waals surface area contributed by atoms with Crippen LogP contribution in [0.3, 0.4) is 0 Å². The van der Waals surface area contributed by atoms with Crippen LogP contribution < -0.4 is 5.32 Å². The van der Waals surface area contributed by atoms with Crippen molar-refractivity contribution >= 4 is 17.7 Å². The van der Waals surface area contributed by atoms with E-state index in [1.165, 1.54) is 29.5 Å². The molecule has 0 fully saturated rings. The molecule has 0 spiro atoms. The Labute approximate surface area is 135 Å². The van der Waals surface area contributed by atoms with Crippen molar-refractivity contribution < 1.29 is 9.18 Å². The number of carbonyl (C=O) groups excluding carboxylic acids is 1. The molecule has 0 saturated heterocycles. The maximum atomic E-state index is 12.8. The fourth-order valence-electron chi connectivity index (χ4n) is 2.19. The van der Waals surface area contributed by atoms with Crippen LogP contribution in [0.4, 0.5) is 4.39 Å². The zero-order valence-electron chi connectivity index (χ0n) is 12.6. The van der Waals surface area contributed by atoms with Crippen LogP contribution in [0.1, 0.15) is 24.8 Å². The molecule has 1 atom stereocenters. The van der Waals surface area contributed by atoms with Gasteiger partial charge in [-0.25, -0.2) is 4.39 Å². The first-order chi connectivity index (χ1) is 10.7. The fourth-order valence-corrected chi connectivity index (χ4v) is 2.92. The third-order valence-electron chi connectivity index (χ3n) is 3.49. The van der Waals surface area contributed by atoms with Crippen LogP contribution in [-0.2, 0) is 4.79 Å². The summed E-state index contributed by atoms with van der Waals surface area (Å²) in [5.41, 5.74) is 1.25. The molecule has 2 aromatic rings. The molecule has 1 unspecified atom stereocenters. The number of thioether (sulfide) groups is 1. The van der Waals surface area contributed by atoms with E-state index in [1.54, 1.807) is 12.1 Å². The average molecular weight is 317 g/mol. The second kappa shape index (κ2) is 8.59. The lowest BCUT2D eigenvalue weighted by atomic mass is 9.96. The summed E-state index contributed by atoms with van der Waals surface area (Å²) in [4.78, 5) is 12.8. The van der Waals surface area contributed by atoms with Gasteiger partial charge in [-0.2, -0.15) is 0 Å². The van der Waals surface area contributed by atoms with E-state index in [2.05, 4.69) is 24.4 Å². The number of rotatable bonds is 7. The van der Waals surface area contributed by atoms with Gasteiger partial charge >= 0.3 is 0 Å². The zero-order valence-corrected chi connectivity index (χ0v) is 13.4. The molecule has 2 rings (SSSR count). The molecule has 0 aromatic heterocycles. The molecule has 0 aliphatic heterocycles. The number of hydrogen-bond acceptors (Lipinski definition) is 2. The lowest BCUT2D eigenvalue weighted by molar-refractivity contribution is -0.118. The molecule has 22 heavy (non-hydrogen) atoms. The zero-order chi connectivity index (χ0) is 15.8. The smallest absolute Gasteiger partial charge is 0.230 e. The summed E-state index contributed by atoms with van der Waals surface area (Å²) >= 11 is 1.41. The number of carbonyl (C=O) groups is 1. The summed E-state index contributed by atoms with van der Waals surface area (Å²) < 4.78 is 12.8. The van der Waals surface area contributed by atoms with Crippen molar-refractivity contribution in [3.63, 3.8) is 0 Å². The van der Waals surface area contributed by atoms with E-state index < -0.39 is 0 Å². The maximum Gasteiger partial charge on any atom is 0.230 e. The van der Waals surface area contributed by atoms with E-state index in [-0.39, 0.29) is 11.7 Å². The van der Waals surface area contributed by atoms with Crippen molar-refractivity contribution in [3.8, 4) is 0 Å². The van der Waals surface area contributed by atoms with Crippen LogP contribution in [0, 0.1) is 5.82 Å². The predicted octanol–water partition coefficient (Wildman–Crippen LogP) is 4.23. The Kier molecular flexibility index (Phi) is 6.46. The molecule has 4 heteroatoms. The molecule has 2 aromatic carbocycles. The van der Waals surface area contributed by atoms with Gasteiger partial charge in [-0.15, -0.1) is 11.8 Å². The number of hydrogen-bond donors (Lipinski definition) is 1. The van der Waals surface area contributed by atoms with Gasteiger partial charge in [0.25, 0.3) is 0 Å². The largest absolute Gasteiger partial charge is 0.355 e. The Balaban J connectivity index is 1.78. The fraction of sp³-hybridized carbons (Fsp3) is 0.278. The van der Waals surface area contributed by atoms with E-state index in [9.17, 15) is 9.18 Å². The highest BCUT2D eigenvalue weighted by Gasteiger charge is 2.10. The minimum absolute atomic E-state index is 0.00343. The third kappa shape index (κ3) is 5.19. The van der Waals surface area contributed by atoms with Gasteiger partial charge in [-0.3, -0.25) is 4.79 Å². The molecule has 1 amide bonds. The average Bonchev–Trinajstić information content (AvgIpc) is 2.56. The Morgan fingerprint density at radius 2 is 1.82 bits per heavy atom. The number of benzene rings is 2. The van der Waals surface area contributed by atoms with Crippen LogP contribution in [-0.4, -0.2) is 18.2 Å². The summed E-state index contributed by atoms with van der Waals surface area (Å²) in [5.74, 6) is 0.420. The van der Waals surface area contributed by atoms with Gasteiger partial charge in [0.05, 0.1) is 5.75 Å². The summed E-state index contributed by atoms with van der Waals surface area (Å²) in [6, 6.07) is 16.4. The molecular weight excluding hydrogens is 297 g/mol. The van der Waals surface area contributed by atoms with E-state index in [1.807, 2.05) is 18.2 Å². The van der Waals surface area contributed by atoms with Gasteiger partial charge < -0.3 is 5.32 Å². The Morgan fingerprint density at radius 1 is 1.14 bits per heavy atom. The van der Waals surface area contributed by atoms with Crippen molar-refractivity contribution in [2.45, 2.75) is 24.2 Å². The topological polar surface area (TPSA) is 29.1 Å². The Hall–Kier alpha value is -1.81. The monoisotopic (exact) mass is 317 g/mol. The SMILES string of the molecule is CCC(CNC(=O)CSc1ccc(F)cc1)c1ccccc1. The van der Waals surface area contributed by atoms with Crippen molar-refractivity contribution in [2.75, 3.05) is 12.3 Å². The summed E-state index contributed by atoms with van der Waals surface area (Å²) in [5, 5.41) is 2.98.